The molecule has 0 aromatic heterocycles. The molecule has 5 heteroatoms. The van der Waals surface area contributed by atoms with Crippen molar-refractivity contribution < 1.29 is 8.42 Å². The molecule has 78 valence electrons. The Bertz CT molecular complexity index is 340. The number of sulfonamides is 1. The van der Waals surface area contributed by atoms with Gasteiger partial charge in [0.2, 0.25) is 10.0 Å². The first kappa shape index (κ1) is 11.2. The first-order valence-corrected chi connectivity index (χ1v) is 6.28. The van der Waals surface area contributed by atoms with E-state index >= 15 is 0 Å². The molecule has 0 aromatic carbocycles. The van der Waals surface area contributed by atoms with Crippen molar-refractivity contribution in [3.63, 3.8) is 0 Å². The average molecular weight is 214 g/mol. The van der Waals surface area contributed by atoms with Crippen LogP contribution in [0.2, 0.25) is 0 Å². The van der Waals surface area contributed by atoms with E-state index in [1.165, 1.54) is 0 Å². The summed E-state index contributed by atoms with van der Waals surface area (Å²) in [5.41, 5.74) is 0. The van der Waals surface area contributed by atoms with Crippen molar-refractivity contribution in [2.75, 3.05) is 12.3 Å². The van der Waals surface area contributed by atoms with Gasteiger partial charge in [-0.15, -0.1) is 0 Å². The number of nitrogens with one attached hydrogen (secondary N) is 1. The van der Waals surface area contributed by atoms with Crippen molar-refractivity contribution in [2.45, 2.75) is 19.3 Å². The van der Waals surface area contributed by atoms with Crippen LogP contribution in [0.3, 0.4) is 0 Å². The van der Waals surface area contributed by atoms with Crippen LogP contribution >= 0.6 is 0 Å². The zero-order valence-corrected chi connectivity index (χ0v) is 8.76. The van der Waals surface area contributed by atoms with E-state index in [0.29, 0.717) is 12.5 Å². The van der Waals surface area contributed by atoms with Gasteiger partial charge in [-0.05, 0) is 25.2 Å². The minimum absolute atomic E-state index is 0.383. The number of hydrogen-bond donors (Lipinski definition) is 1. The largest absolute Gasteiger partial charge is 0.225 e. The van der Waals surface area contributed by atoms with Crippen molar-refractivity contribution in [3.05, 3.63) is 12.2 Å². The summed E-state index contributed by atoms with van der Waals surface area (Å²) in [6, 6.07) is 1.63. The molecule has 0 amide bonds. The van der Waals surface area contributed by atoms with Crippen molar-refractivity contribution in [2.24, 2.45) is 5.92 Å². The minimum Gasteiger partial charge on any atom is -0.214 e. The van der Waals surface area contributed by atoms with Gasteiger partial charge in [-0.3, -0.25) is 0 Å². The van der Waals surface area contributed by atoms with Gasteiger partial charge >= 0.3 is 0 Å². The molecule has 1 atom stereocenters. The number of hydrogen-bond acceptors (Lipinski definition) is 3. The smallest absolute Gasteiger partial charge is 0.214 e. The van der Waals surface area contributed by atoms with Crippen LogP contribution in [0.15, 0.2) is 12.2 Å². The summed E-state index contributed by atoms with van der Waals surface area (Å²) in [6.07, 6.45) is 7.15. The average Bonchev–Trinajstić information content (AvgIpc) is 2.17. The normalized spacial score (nSPS) is 21.8. The van der Waals surface area contributed by atoms with Crippen molar-refractivity contribution >= 4 is 10.0 Å². The highest BCUT2D eigenvalue weighted by molar-refractivity contribution is 7.89. The first-order chi connectivity index (χ1) is 6.64. The van der Waals surface area contributed by atoms with Gasteiger partial charge in [0.25, 0.3) is 0 Å². The standard InChI is InChI=1S/C9H14N2O2S/c10-6-7-14(12,13)11-8-9-4-2-1-3-5-9/h1-2,9,11H,3-5,7-8H2. The second-order valence-corrected chi connectivity index (χ2v) is 5.22. The molecule has 0 aliphatic heterocycles. The molecule has 4 nitrogen and oxygen atoms in total. The van der Waals surface area contributed by atoms with Gasteiger partial charge in [0.1, 0.15) is 0 Å². The summed E-state index contributed by atoms with van der Waals surface area (Å²) in [7, 11) is -3.37. The topological polar surface area (TPSA) is 70.0 Å². The molecule has 0 aromatic rings. The maximum Gasteiger partial charge on any atom is 0.225 e. The molecule has 0 spiro atoms. The molecule has 14 heavy (non-hydrogen) atoms. The van der Waals surface area contributed by atoms with E-state index in [2.05, 4.69) is 16.9 Å². The lowest BCUT2D eigenvalue weighted by Gasteiger charge is -2.17. The first-order valence-electron chi connectivity index (χ1n) is 4.63. The van der Waals surface area contributed by atoms with Gasteiger partial charge in [0.05, 0.1) is 6.07 Å². The Balaban J connectivity index is 2.33. The molecule has 1 unspecified atom stereocenters. The molecule has 0 bridgehead atoms. The molecule has 0 heterocycles. The minimum atomic E-state index is -3.37. The number of nitriles is 1. The van der Waals surface area contributed by atoms with Gasteiger partial charge in [-0.2, -0.15) is 5.26 Å². The Kier molecular flexibility index (Phi) is 4.11. The van der Waals surface area contributed by atoms with Crippen LogP contribution in [0.1, 0.15) is 19.3 Å². The van der Waals surface area contributed by atoms with E-state index in [-0.39, 0.29) is 0 Å². The zero-order valence-electron chi connectivity index (χ0n) is 7.94. The van der Waals surface area contributed by atoms with Crippen LogP contribution in [0.25, 0.3) is 0 Å². The van der Waals surface area contributed by atoms with Gasteiger partial charge in [-0.25, -0.2) is 13.1 Å². The molecule has 1 aliphatic rings. The van der Waals surface area contributed by atoms with Crippen LogP contribution in [-0.4, -0.2) is 20.7 Å². The molecular formula is C9H14N2O2S. The molecule has 0 radical (unpaired) electrons. The van der Waals surface area contributed by atoms with Crippen LogP contribution in [0, 0.1) is 17.2 Å². The summed E-state index contributed by atoms with van der Waals surface area (Å²) >= 11 is 0. The number of allylic oxidation sites excluding steroid dienone is 2. The van der Waals surface area contributed by atoms with E-state index in [9.17, 15) is 8.42 Å². The number of rotatable bonds is 4. The molecule has 0 fully saturated rings. The fourth-order valence-corrected chi connectivity index (χ4v) is 2.18. The highest BCUT2D eigenvalue weighted by Crippen LogP contribution is 2.16. The summed E-state index contributed by atoms with van der Waals surface area (Å²) in [5.74, 6) is -0.0660. The third-order valence-electron chi connectivity index (χ3n) is 2.22. The summed E-state index contributed by atoms with van der Waals surface area (Å²) in [4.78, 5) is 0. The lowest BCUT2D eigenvalue weighted by molar-refractivity contribution is 0.469. The SMILES string of the molecule is N#CCS(=O)(=O)NCC1CC=CCC1. The van der Waals surface area contributed by atoms with Crippen LogP contribution in [0.4, 0.5) is 0 Å². The van der Waals surface area contributed by atoms with E-state index in [4.69, 9.17) is 5.26 Å². The molecule has 1 aliphatic carbocycles. The summed E-state index contributed by atoms with van der Waals surface area (Å²) in [6.45, 7) is 0.453. The molecule has 1 N–H and O–H groups in total. The second-order valence-electron chi connectivity index (χ2n) is 3.42. The van der Waals surface area contributed by atoms with Gasteiger partial charge in [-0.1, -0.05) is 12.2 Å². The Morgan fingerprint density at radius 1 is 1.50 bits per heavy atom. The predicted octanol–water partition coefficient (Wildman–Crippen LogP) is 0.786. The fourth-order valence-electron chi connectivity index (χ4n) is 1.42. The van der Waals surface area contributed by atoms with Gasteiger partial charge in [0, 0.05) is 6.54 Å². The van der Waals surface area contributed by atoms with E-state index in [1.807, 2.05) is 0 Å². The van der Waals surface area contributed by atoms with Crippen molar-refractivity contribution in [1.82, 2.24) is 4.72 Å². The maximum absolute atomic E-state index is 11.1. The Morgan fingerprint density at radius 2 is 2.29 bits per heavy atom. The van der Waals surface area contributed by atoms with Gasteiger partial charge in [0.15, 0.2) is 5.75 Å². The molecule has 1 rings (SSSR count). The van der Waals surface area contributed by atoms with E-state index in [0.717, 1.165) is 19.3 Å². The predicted molar refractivity (Wildman–Crippen MR) is 53.9 cm³/mol. The zero-order chi connectivity index (χ0) is 10.4. The maximum atomic E-state index is 11.1. The van der Waals surface area contributed by atoms with Crippen molar-refractivity contribution in [1.29, 1.82) is 5.26 Å². The van der Waals surface area contributed by atoms with Crippen LogP contribution in [-0.2, 0) is 10.0 Å². The third kappa shape index (κ3) is 3.90. The third-order valence-corrected chi connectivity index (χ3v) is 3.34. The van der Waals surface area contributed by atoms with E-state index in [1.54, 1.807) is 6.07 Å². The Labute approximate surface area is 84.7 Å². The second kappa shape index (κ2) is 5.13. The Hall–Kier alpha value is -0.860. The Morgan fingerprint density at radius 3 is 2.86 bits per heavy atom. The molecular weight excluding hydrogens is 200 g/mol. The monoisotopic (exact) mass is 214 g/mol. The van der Waals surface area contributed by atoms with Crippen LogP contribution < -0.4 is 4.72 Å². The van der Waals surface area contributed by atoms with Crippen LogP contribution in [0.5, 0.6) is 0 Å². The van der Waals surface area contributed by atoms with E-state index < -0.39 is 15.8 Å². The highest BCUT2D eigenvalue weighted by atomic mass is 32.2. The lowest BCUT2D eigenvalue weighted by Crippen LogP contribution is -2.31. The lowest BCUT2D eigenvalue weighted by atomic mass is 9.95. The van der Waals surface area contributed by atoms with Gasteiger partial charge < -0.3 is 0 Å². The van der Waals surface area contributed by atoms with Crippen molar-refractivity contribution in [3.8, 4) is 6.07 Å². The summed E-state index contributed by atoms with van der Waals surface area (Å²) < 4.78 is 24.7. The fraction of sp³-hybridized carbons (Fsp3) is 0.667. The highest BCUT2D eigenvalue weighted by Gasteiger charge is 2.14. The molecule has 0 saturated carbocycles. The number of nitrogens with zero attached hydrogens (tertiary/aromatic N) is 1. The molecule has 0 saturated heterocycles. The quantitative estimate of drug-likeness (QED) is 0.703. The summed E-state index contributed by atoms with van der Waals surface area (Å²) in [5, 5.41) is 8.26.